The summed E-state index contributed by atoms with van der Waals surface area (Å²) in [7, 11) is 1.37. The van der Waals surface area contributed by atoms with E-state index in [9.17, 15) is 14.7 Å². The van der Waals surface area contributed by atoms with E-state index in [0.29, 0.717) is 24.1 Å². The zero-order chi connectivity index (χ0) is 21.1. The molecule has 1 unspecified atom stereocenters. The fourth-order valence-electron chi connectivity index (χ4n) is 4.37. The van der Waals surface area contributed by atoms with Gasteiger partial charge in [0.1, 0.15) is 0 Å². The minimum Gasteiger partial charge on any atom is -0.469 e. The average Bonchev–Trinajstić information content (AvgIpc) is 3.22. The summed E-state index contributed by atoms with van der Waals surface area (Å²) < 4.78 is 6.73. The number of hydrogen-bond donors (Lipinski definition) is 3. The number of carbonyl (C=O) groups excluding carboxylic acids is 1. The van der Waals surface area contributed by atoms with Gasteiger partial charge in [-0.1, -0.05) is 39.2 Å². The number of methoxy groups -OCH3 is 1. The van der Waals surface area contributed by atoms with Crippen molar-refractivity contribution in [1.82, 2.24) is 19.5 Å². The van der Waals surface area contributed by atoms with Gasteiger partial charge in [0, 0.05) is 5.92 Å². The molecule has 4 N–H and O–H groups in total. The van der Waals surface area contributed by atoms with Crippen LogP contribution >= 0.6 is 0 Å². The maximum Gasteiger partial charge on any atom is 0.309 e. The van der Waals surface area contributed by atoms with Gasteiger partial charge in [-0.05, 0) is 18.4 Å². The van der Waals surface area contributed by atoms with Crippen LogP contribution in [0.3, 0.4) is 0 Å². The van der Waals surface area contributed by atoms with Crippen molar-refractivity contribution >= 4 is 23.1 Å². The van der Waals surface area contributed by atoms with Crippen molar-refractivity contribution in [3.8, 4) is 0 Å². The molecule has 1 aliphatic carbocycles. The molecular formula is C20H29N5O4. The highest BCUT2D eigenvalue weighted by atomic mass is 16.5. The van der Waals surface area contributed by atoms with Crippen LogP contribution in [0.4, 0.5) is 5.95 Å². The third-order valence-corrected chi connectivity index (χ3v) is 5.83. The second-order valence-corrected chi connectivity index (χ2v) is 7.67. The van der Waals surface area contributed by atoms with Gasteiger partial charge < -0.3 is 20.1 Å². The number of aliphatic hydroxyl groups excluding tert-OH is 1. The topological polar surface area (TPSA) is 136 Å². The number of anilines is 1. The van der Waals surface area contributed by atoms with E-state index in [-0.39, 0.29) is 23.5 Å². The van der Waals surface area contributed by atoms with E-state index in [1.54, 1.807) is 4.57 Å². The number of rotatable bonds is 8. The first-order chi connectivity index (χ1) is 13.9. The predicted octanol–water partition coefficient (Wildman–Crippen LogP) is 1.94. The molecule has 0 saturated heterocycles. The summed E-state index contributed by atoms with van der Waals surface area (Å²) in [6.45, 7) is 6.33. The summed E-state index contributed by atoms with van der Waals surface area (Å²) in [6, 6.07) is -0.337. The molecule has 9 nitrogen and oxygen atoms in total. The summed E-state index contributed by atoms with van der Waals surface area (Å²) >= 11 is 0. The highest BCUT2D eigenvalue weighted by molar-refractivity contribution is 5.74. The molecule has 2 heterocycles. The van der Waals surface area contributed by atoms with Crippen molar-refractivity contribution in [2.75, 3.05) is 12.8 Å². The van der Waals surface area contributed by atoms with Crippen LogP contribution in [0.1, 0.15) is 51.5 Å². The number of aliphatic hydroxyl groups is 1. The molecular weight excluding hydrogens is 374 g/mol. The fraction of sp³-hybridized carbons (Fsp3) is 0.600. The number of ether oxygens (including phenoxy) is 1. The summed E-state index contributed by atoms with van der Waals surface area (Å²) in [5.41, 5.74) is 6.49. The number of aromatic nitrogens is 4. The molecule has 29 heavy (non-hydrogen) atoms. The molecule has 0 aliphatic heterocycles. The van der Waals surface area contributed by atoms with Crippen LogP contribution < -0.4 is 11.3 Å². The number of nitrogen functional groups attached to an aromatic ring is 1. The van der Waals surface area contributed by atoms with E-state index in [1.807, 2.05) is 0 Å². The number of nitrogens with zero attached hydrogens (tertiary/aromatic N) is 3. The molecule has 9 heteroatoms. The Morgan fingerprint density at radius 3 is 2.93 bits per heavy atom. The molecule has 0 bridgehead atoms. The lowest BCUT2D eigenvalue weighted by molar-refractivity contribution is -0.148. The van der Waals surface area contributed by atoms with E-state index in [2.05, 4.69) is 28.5 Å². The lowest BCUT2D eigenvalue weighted by Gasteiger charge is -2.25. The minimum absolute atomic E-state index is 0.00619. The highest BCUT2D eigenvalue weighted by Gasteiger charge is 2.45. The van der Waals surface area contributed by atoms with Gasteiger partial charge in [-0.25, -0.2) is 4.98 Å². The summed E-state index contributed by atoms with van der Waals surface area (Å²) in [5, 5.41) is 10.8. The number of hydrogen-bond acceptors (Lipinski definition) is 7. The molecule has 4 atom stereocenters. The van der Waals surface area contributed by atoms with Crippen LogP contribution in [-0.4, -0.2) is 43.8 Å². The van der Waals surface area contributed by atoms with Gasteiger partial charge in [-0.2, -0.15) is 4.98 Å². The molecule has 158 valence electrons. The number of esters is 1. The van der Waals surface area contributed by atoms with Gasteiger partial charge in [-0.3, -0.25) is 14.6 Å². The second kappa shape index (κ2) is 8.77. The quantitative estimate of drug-likeness (QED) is 0.348. The van der Waals surface area contributed by atoms with Gasteiger partial charge in [-0.15, -0.1) is 0 Å². The van der Waals surface area contributed by atoms with Gasteiger partial charge >= 0.3 is 5.97 Å². The Hall–Kier alpha value is -2.68. The van der Waals surface area contributed by atoms with Crippen LogP contribution in [-0.2, 0) is 9.53 Å². The third kappa shape index (κ3) is 4.05. The maximum atomic E-state index is 12.5. The Kier molecular flexibility index (Phi) is 6.36. The van der Waals surface area contributed by atoms with Gasteiger partial charge in [0.25, 0.3) is 5.56 Å². The molecule has 1 saturated carbocycles. The molecule has 2 aromatic rings. The number of carbonyl (C=O) groups is 1. The number of H-pyrrole nitrogens is 1. The molecule has 0 amide bonds. The van der Waals surface area contributed by atoms with Crippen molar-refractivity contribution in [1.29, 1.82) is 0 Å². The summed E-state index contributed by atoms with van der Waals surface area (Å²) in [4.78, 5) is 35.3. The van der Waals surface area contributed by atoms with E-state index >= 15 is 0 Å². The highest BCUT2D eigenvalue weighted by Crippen LogP contribution is 2.45. The minimum atomic E-state index is -0.750. The first-order valence-electron chi connectivity index (χ1n) is 10.1. The van der Waals surface area contributed by atoms with E-state index in [0.717, 1.165) is 25.7 Å². The predicted molar refractivity (Wildman–Crippen MR) is 109 cm³/mol. The summed E-state index contributed by atoms with van der Waals surface area (Å²) in [6.07, 6.45) is 5.86. The number of nitrogens with one attached hydrogen (secondary N) is 1. The number of imidazole rings is 1. The van der Waals surface area contributed by atoms with Crippen LogP contribution in [0.25, 0.3) is 11.2 Å². The first kappa shape index (κ1) is 21.0. The first-order valence-corrected chi connectivity index (χ1v) is 10.1. The zero-order valence-electron chi connectivity index (χ0n) is 16.9. The van der Waals surface area contributed by atoms with E-state index in [4.69, 9.17) is 10.5 Å². The fourth-order valence-corrected chi connectivity index (χ4v) is 4.37. The zero-order valence-corrected chi connectivity index (χ0v) is 16.9. The van der Waals surface area contributed by atoms with E-state index in [1.165, 1.54) is 13.4 Å². The largest absolute Gasteiger partial charge is 0.469 e. The van der Waals surface area contributed by atoms with Gasteiger partial charge in [0.2, 0.25) is 5.95 Å². The van der Waals surface area contributed by atoms with Crippen LogP contribution in [0.2, 0.25) is 0 Å². The normalized spacial score (nSPS) is 22.9. The average molecular weight is 403 g/mol. The number of aromatic amines is 1. The molecule has 0 aromatic carbocycles. The third-order valence-electron chi connectivity index (χ3n) is 5.83. The molecule has 0 spiro atoms. The second-order valence-electron chi connectivity index (χ2n) is 7.67. The maximum absolute atomic E-state index is 12.5. The monoisotopic (exact) mass is 403 g/mol. The molecule has 0 radical (unpaired) electrons. The molecule has 1 aliphatic rings. The van der Waals surface area contributed by atoms with Crippen LogP contribution in [0.15, 0.2) is 23.3 Å². The van der Waals surface area contributed by atoms with Crippen LogP contribution in [0, 0.1) is 11.8 Å². The standard InChI is InChI=1S/C20H29N5O4/c1-4-5-6-7-8-12(19(28)29-3)15-11(2)13(9-14(15)26)25-10-22-16-17(25)23-20(21)24-18(16)27/h10,12-15,26H,2,4-9H2,1,3H3,(H3,21,23,24,27)/t12?,13-,14-,15-/m0/s1. The smallest absolute Gasteiger partial charge is 0.309 e. The molecule has 1 fully saturated rings. The Bertz CT molecular complexity index is 950. The lowest BCUT2D eigenvalue weighted by Crippen LogP contribution is -2.31. The Morgan fingerprint density at radius 2 is 2.24 bits per heavy atom. The SMILES string of the molecule is C=C1[C@@H](C(CCCCCC)C(=O)OC)[C@@H](O)C[C@@H]1n1cnc2c(=O)[nH]c(N)nc21. The van der Waals surface area contributed by atoms with Crippen molar-refractivity contribution in [2.45, 2.75) is 57.6 Å². The number of unbranched alkanes of at least 4 members (excludes halogenated alkanes) is 3. The Balaban J connectivity index is 1.89. The Morgan fingerprint density at radius 1 is 1.48 bits per heavy atom. The van der Waals surface area contributed by atoms with E-state index < -0.39 is 23.5 Å². The van der Waals surface area contributed by atoms with Gasteiger partial charge in [0.05, 0.1) is 31.5 Å². The number of fused-ring (bicyclic) bond motifs is 1. The van der Waals surface area contributed by atoms with Crippen LogP contribution in [0.5, 0.6) is 0 Å². The number of nitrogens with two attached hydrogens (primary N) is 1. The van der Waals surface area contributed by atoms with Crippen molar-refractivity contribution in [3.05, 3.63) is 28.8 Å². The molecule has 3 rings (SSSR count). The lowest BCUT2D eigenvalue weighted by atomic mass is 9.82. The van der Waals surface area contributed by atoms with Crippen molar-refractivity contribution < 1.29 is 14.6 Å². The van der Waals surface area contributed by atoms with Gasteiger partial charge in [0.15, 0.2) is 11.2 Å². The molecule has 2 aromatic heterocycles. The van der Waals surface area contributed by atoms with Crippen molar-refractivity contribution in [3.63, 3.8) is 0 Å². The summed E-state index contributed by atoms with van der Waals surface area (Å²) in [5.74, 6) is -1.22. The Labute approximate surface area is 169 Å². The van der Waals surface area contributed by atoms with Crippen molar-refractivity contribution in [2.24, 2.45) is 11.8 Å².